The van der Waals surface area contributed by atoms with Crippen molar-refractivity contribution in [1.82, 2.24) is 0 Å². The number of halogens is 2. The largest absolute Gasteiger partial charge is 0.372 e. The molecule has 0 heterocycles. The van der Waals surface area contributed by atoms with Crippen molar-refractivity contribution >= 4 is 15.9 Å². The fraction of sp³-hybridized carbons (Fsp3) is 0.143. The van der Waals surface area contributed by atoms with E-state index in [2.05, 4.69) is 15.9 Å². The van der Waals surface area contributed by atoms with Gasteiger partial charge < -0.3 is 4.74 Å². The zero-order valence-corrected chi connectivity index (χ0v) is 10.8. The second kappa shape index (κ2) is 5.94. The third-order valence-electron chi connectivity index (χ3n) is 2.38. The first-order chi connectivity index (χ1) is 8.25. The van der Waals surface area contributed by atoms with Gasteiger partial charge in [0, 0.05) is 10.0 Å². The molecule has 0 unspecified atom stereocenters. The first-order valence-electron chi connectivity index (χ1n) is 5.31. The van der Waals surface area contributed by atoms with Crippen LogP contribution in [-0.2, 0) is 18.0 Å². The lowest BCUT2D eigenvalue weighted by molar-refractivity contribution is 0.105. The Labute approximate surface area is 108 Å². The van der Waals surface area contributed by atoms with Gasteiger partial charge in [-0.2, -0.15) is 0 Å². The summed E-state index contributed by atoms with van der Waals surface area (Å²) in [6.07, 6.45) is 0. The Bertz CT molecular complexity index is 485. The Morgan fingerprint density at radius 3 is 2.47 bits per heavy atom. The molecule has 0 radical (unpaired) electrons. The van der Waals surface area contributed by atoms with Gasteiger partial charge in [-0.3, -0.25) is 0 Å². The van der Waals surface area contributed by atoms with Gasteiger partial charge in [0.2, 0.25) is 0 Å². The minimum absolute atomic E-state index is 0.243. The number of rotatable bonds is 4. The second-order valence-corrected chi connectivity index (χ2v) is 4.63. The van der Waals surface area contributed by atoms with E-state index >= 15 is 0 Å². The van der Waals surface area contributed by atoms with Crippen molar-refractivity contribution in [3.8, 4) is 0 Å². The summed E-state index contributed by atoms with van der Waals surface area (Å²) in [5, 5.41) is 0. The predicted molar refractivity (Wildman–Crippen MR) is 69.0 cm³/mol. The van der Waals surface area contributed by atoms with E-state index in [-0.39, 0.29) is 12.4 Å². The van der Waals surface area contributed by atoms with Crippen molar-refractivity contribution in [2.75, 3.05) is 0 Å². The molecule has 0 aliphatic heterocycles. The summed E-state index contributed by atoms with van der Waals surface area (Å²) in [4.78, 5) is 0. The Hall–Kier alpha value is -1.19. The molecule has 2 rings (SSSR count). The molecule has 0 bridgehead atoms. The van der Waals surface area contributed by atoms with Crippen LogP contribution in [0, 0.1) is 5.82 Å². The maximum absolute atomic E-state index is 13.5. The van der Waals surface area contributed by atoms with Gasteiger partial charge in [-0.15, -0.1) is 0 Å². The highest BCUT2D eigenvalue weighted by molar-refractivity contribution is 9.10. The molecule has 2 aromatic rings. The molecule has 0 saturated carbocycles. The molecule has 0 N–H and O–H groups in total. The highest BCUT2D eigenvalue weighted by atomic mass is 79.9. The molecule has 3 heteroatoms. The van der Waals surface area contributed by atoms with Gasteiger partial charge in [-0.1, -0.05) is 52.3 Å². The van der Waals surface area contributed by atoms with Crippen LogP contribution >= 0.6 is 15.9 Å². The highest BCUT2D eigenvalue weighted by Gasteiger charge is 2.02. The molecule has 0 fully saturated rings. The molecular weight excluding hydrogens is 283 g/mol. The van der Waals surface area contributed by atoms with Crippen LogP contribution in [0.4, 0.5) is 4.39 Å². The molecule has 0 spiro atoms. The quantitative estimate of drug-likeness (QED) is 0.817. The summed E-state index contributed by atoms with van der Waals surface area (Å²) in [6, 6.07) is 14.8. The number of hydrogen-bond acceptors (Lipinski definition) is 1. The van der Waals surface area contributed by atoms with Crippen molar-refractivity contribution in [3.05, 3.63) is 69.9 Å². The van der Waals surface area contributed by atoms with E-state index in [1.807, 2.05) is 36.4 Å². The van der Waals surface area contributed by atoms with Crippen molar-refractivity contribution in [2.45, 2.75) is 13.2 Å². The summed E-state index contributed by atoms with van der Waals surface area (Å²) in [7, 11) is 0. The first kappa shape index (κ1) is 12.3. The third-order valence-corrected chi connectivity index (χ3v) is 2.88. The molecule has 0 saturated heterocycles. The topological polar surface area (TPSA) is 9.23 Å². The third kappa shape index (κ3) is 3.65. The summed E-state index contributed by atoms with van der Waals surface area (Å²) >= 11 is 3.22. The fourth-order valence-electron chi connectivity index (χ4n) is 1.49. The molecule has 0 aliphatic carbocycles. The Morgan fingerprint density at radius 1 is 1.00 bits per heavy atom. The van der Waals surface area contributed by atoms with Gasteiger partial charge in [-0.05, 0) is 17.7 Å². The van der Waals surface area contributed by atoms with Gasteiger partial charge in [0.15, 0.2) is 0 Å². The van der Waals surface area contributed by atoms with E-state index in [9.17, 15) is 4.39 Å². The summed E-state index contributed by atoms with van der Waals surface area (Å²) in [5.74, 6) is -0.243. The maximum Gasteiger partial charge on any atom is 0.129 e. The van der Waals surface area contributed by atoms with Crippen molar-refractivity contribution in [1.29, 1.82) is 0 Å². The lowest BCUT2D eigenvalue weighted by Crippen LogP contribution is -1.96. The lowest BCUT2D eigenvalue weighted by atomic mass is 10.2. The van der Waals surface area contributed by atoms with Crippen molar-refractivity contribution in [2.24, 2.45) is 0 Å². The minimum atomic E-state index is -0.243. The Morgan fingerprint density at radius 2 is 1.76 bits per heavy atom. The Balaban J connectivity index is 1.90. The zero-order valence-electron chi connectivity index (χ0n) is 9.20. The molecular formula is C14H12BrFO. The molecule has 2 aromatic carbocycles. The first-order valence-corrected chi connectivity index (χ1v) is 6.10. The molecule has 0 atom stereocenters. The number of hydrogen-bond donors (Lipinski definition) is 0. The molecule has 0 amide bonds. The van der Waals surface area contributed by atoms with E-state index < -0.39 is 0 Å². The van der Waals surface area contributed by atoms with Gasteiger partial charge >= 0.3 is 0 Å². The van der Waals surface area contributed by atoms with Gasteiger partial charge in [0.25, 0.3) is 0 Å². The molecule has 0 aliphatic rings. The fourth-order valence-corrected chi connectivity index (χ4v) is 1.82. The lowest BCUT2D eigenvalue weighted by Gasteiger charge is -2.06. The maximum atomic E-state index is 13.5. The van der Waals surface area contributed by atoms with Crippen LogP contribution in [0.15, 0.2) is 53.0 Å². The molecule has 0 aromatic heterocycles. The SMILES string of the molecule is Fc1cc(Br)ccc1COCc1ccccc1. The average Bonchev–Trinajstić information content (AvgIpc) is 2.33. The van der Waals surface area contributed by atoms with Gasteiger partial charge in [-0.25, -0.2) is 4.39 Å². The van der Waals surface area contributed by atoms with Crippen molar-refractivity contribution in [3.63, 3.8) is 0 Å². The standard InChI is InChI=1S/C14H12BrFO/c15-13-7-6-12(14(16)8-13)10-17-9-11-4-2-1-3-5-11/h1-8H,9-10H2. The van der Waals surface area contributed by atoms with Crippen LogP contribution in [0.2, 0.25) is 0 Å². The smallest absolute Gasteiger partial charge is 0.129 e. The zero-order chi connectivity index (χ0) is 12.1. The van der Waals surface area contributed by atoms with Crippen LogP contribution in [0.1, 0.15) is 11.1 Å². The number of ether oxygens (including phenoxy) is 1. The highest BCUT2D eigenvalue weighted by Crippen LogP contribution is 2.16. The van der Waals surface area contributed by atoms with E-state index in [1.54, 1.807) is 6.07 Å². The van der Waals surface area contributed by atoms with Gasteiger partial charge in [0.1, 0.15) is 5.82 Å². The predicted octanol–water partition coefficient (Wildman–Crippen LogP) is 4.31. The van der Waals surface area contributed by atoms with E-state index in [1.165, 1.54) is 6.07 Å². The minimum Gasteiger partial charge on any atom is -0.372 e. The van der Waals surface area contributed by atoms with Crippen LogP contribution in [0.3, 0.4) is 0 Å². The van der Waals surface area contributed by atoms with E-state index in [0.717, 1.165) is 10.0 Å². The molecule has 17 heavy (non-hydrogen) atoms. The van der Waals surface area contributed by atoms with Crippen molar-refractivity contribution < 1.29 is 9.13 Å². The van der Waals surface area contributed by atoms with Gasteiger partial charge in [0.05, 0.1) is 13.2 Å². The normalized spacial score (nSPS) is 10.5. The Kier molecular flexibility index (Phi) is 4.29. The second-order valence-electron chi connectivity index (χ2n) is 3.71. The number of benzene rings is 2. The van der Waals surface area contributed by atoms with E-state index in [0.29, 0.717) is 12.2 Å². The van der Waals surface area contributed by atoms with Crippen LogP contribution in [0.25, 0.3) is 0 Å². The molecule has 1 nitrogen and oxygen atoms in total. The summed E-state index contributed by atoms with van der Waals surface area (Å²) < 4.78 is 19.7. The van der Waals surface area contributed by atoms with E-state index in [4.69, 9.17) is 4.74 Å². The summed E-state index contributed by atoms with van der Waals surface area (Å²) in [5.41, 5.74) is 1.66. The summed E-state index contributed by atoms with van der Waals surface area (Å²) in [6.45, 7) is 0.782. The average molecular weight is 295 g/mol. The van der Waals surface area contributed by atoms with Crippen LogP contribution in [-0.4, -0.2) is 0 Å². The van der Waals surface area contributed by atoms with Crippen LogP contribution < -0.4 is 0 Å². The molecule has 88 valence electrons. The monoisotopic (exact) mass is 294 g/mol. The van der Waals surface area contributed by atoms with Crippen LogP contribution in [0.5, 0.6) is 0 Å².